The lowest BCUT2D eigenvalue weighted by Gasteiger charge is -2.16. The second kappa shape index (κ2) is 7.40. The normalized spacial score (nSPS) is 12.7. The minimum atomic E-state index is 0.232. The molecular weight excluding hydrogens is 188 g/mol. The quantitative estimate of drug-likeness (QED) is 0.573. The molecule has 15 heavy (non-hydrogen) atoms. The summed E-state index contributed by atoms with van der Waals surface area (Å²) in [5, 5.41) is 12.0. The number of rotatable bonds is 7. The van der Waals surface area contributed by atoms with Crippen LogP contribution in [0.5, 0.6) is 0 Å². The Morgan fingerprint density at radius 2 is 2.00 bits per heavy atom. The first-order valence-electron chi connectivity index (χ1n) is 5.45. The highest BCUT2D eigenvalue weighted by Crippen LogP contribution is 2.02. The van der Waals surface area contributed by atoms with Crippen molar-refractivity contribution in [3.05, 3.63) is 35.9 Å². The molecule has 0 saturated heterocycles. The van der Waals surface area contributed by atoms with Gasteiger partial charge in [-0.1, -0.05) is 30.3 Å². The summed E-state index contributed by atoms with van der Waals surface area (Å²) >= 11 is 0. The Bertz CT molecular complexity index is 251. The van der Waals surface area contributed by atoms with Gasteiger partial charge >= 0.3 is 0 Å². The zero-order valence-corrected chi connectivity index (χ0v) is 9.02. The predicted octanol–water partition coefficient (Wildman–Crippen LogP) is 0.528. The first-order chi connectivity index (χ1) is 7.36. The van der Waals surface area contributed by atoms with E-state index in [9.17, 15) is 0 Å². The molecule has 0 aliphatic heterocycles. The van der Waals surface area contributed by atoms with Gasteiger partial charge in [-0.3, -0.25) is 0 Å². The van der Waals surface area contributed by atoms with Crippen LogP contribution in [-0.2, 0) is 6.42 Å². The second-order valence-electron chi connectivity index (χ2n) is 3.65. The molecule has 0 radical (unpaired) electrons. The highest BCUT2D eigenvalue weighted by molar-refractivity contribution is 5.15. The monoisotopic (exact) mass is 208 g/mol. The summed E-state index contributed by atoms with van der Waals surface area (Å²) in [5.41, 5.74) is 6.97. The third-order valence-electron chi connectivity index (χ3n) is 2.38. The molecule has 1 aromatic carbocycles. The van der Waals surface area contributed by atoms with Crippen LogP contribution in [0, 0.1) is 0 Å². The maximum atomic E-state index is 8.67. The summed E-state index contributed by atoms with van der Waals surface area (Å²) in [6.45, 7) is 1.68. The van der Waals surface area contributed by atoms with E-state index in [0.717, 1.165) is 19.4 Å². The fraction of sp³-hybridized carbons (Fsp3) is 0.500. The van der Waals surface area contributed by atoms with Crippen LogP contribution in [0.15, 0.2) is 30.3 Å². The van der Waals surface area contributed by atoms with Gasteiger partial charge in [-0.05, 0) is 24.9 Å². The molecular formula is C12H20N2O. The molecule has 1 unspecified atom stereocenters. The van der Waals surface area contributed by atoms with Crippen LogP contribution in [-0.4, -0.2) is 30.8 Å². The van der Waals surface area contributed by atoms with E-state index in [1.807, 2.05) is 18.2 Å². The summed E-state index contributed by atoms with van der Waals surface area (Å²) < 4.78 is 0. The predicted molar refractivity (Wildman–Crippen MR) is 62.7 cm³/mol. The van der Waals surface area contributed by atoms with Crippen LogP contribution in [0.1, 0.15) is 12.0 Å². The lowest BCUT2D eigenvalue weighted by Crippen LogP contribution is -2.38. The van der Waals surface area contributed by atoms with Crippen molar-refractivity contribution in [3.63, 3.8) is 0 Å². The van der Waals surface area contributed by atoms with Crippen molar-refractivity contribution in [2.24, 2.45) is 5.73 Å². The van der Waals surface area contributed by atoms with Gasteiger partial charge in [-0.25, -0.2) is 0 Å². The summed E-state index contributed by atoms with van der Waals surface area (Å²) in [6, 6.07) is 10.6. The van der Waals surface area contributed by atoms with Crippen molar-refractivity contribution < 1.29 is 5.11 Å². The molecule has 0 aliphatic carbocycles. The van der Waals surface area contributed by atoms with Crippen molar-refractivity contribution >= 4 is 0 Å². The zero-order chi connectivity index (χ0) is 10.9. The molecule has 1 rings (SSSR count). The summed E-state index contributed by atoms with van der Waals surface area (Å²) in [6.07, 6.45) is 1.73. The smallest absolute Gasteiger partial charge is 0.0443 e. The molecule has 0 fully saturated rings. The minimum Gasteiger partial charge on any atom is -0.396 e. The van der Waals surface area contributed by atoms with Gasteiger partial charge in [0.25, 0.3) is 0 Å². The van der Waals surface area contributed by atoms with Crippen molar-refractivity contribution in [1.29, 1.82) is 0 Å². The van der Waals surface area contributed by atoms with Crippen molar-refractivity contribution in [1.82, 2.24) is 5.32 Å². The van der Waals surface area contributed by atoms with E-state index in [2.05, 4.69) is 17.4 Å². The van der Waals surface area contributed by atoms with E-state index < -0.39 is 0 Å². The maximum absolute atomic E-state index is 8.67. The van der Waals surface area contributed by atoms with Gasteiger partial charge in [0.15, 0.2) is 0 Å². The first-order valence-corrected chi connectivity index (χ1v) is 5.45. The minimum absolute atomic E-state index is 0.232. The molecule has 1 atom stereocenters. The van der Waals surface area contributed by atoms with E-state index >= 15 is 0 Å². The van der Waals surface area contributed by atoms with E-state index in [1.165, 1.54) is 5.56 Å². The maximum Gasteiger partial charge on any atom is 0.0443 e. The largest absolute Gasteiger partial charge is 0.396 e. The summed E-state index contributed by atoms with van der Waals surface area (Å²) in [4.78, 5) is 0. The van der Waals surface area contributed by atoms with E-state index in [1.54, 1.807) is 0 Å². The van der Waals surface area contributed by atoms with Crippen molar-refractivity contribution in [2.45, 2.75) is 18.9 Å². The molecule has 0 heterocycles. The average Bonchev–Trinajstić information content (AvgIpc) is 2.29. The fourth-order valence-electron chi connectivity index (χ4n) is 1.52. The first kappa shape index (κ1) is 12.2. The molecule has 0 amide bonds. The molecule has 0 aliphatic rings. The number of aliphatic hydroxyl groups excluding tert-OH is 1. The van der Waals surface area contributed by atoms with Gasteiger partial charge in [0.2, 0.25) is 0 Å². The molecule has 0 saturated carbocycles. The van der Waals surface area contributed by atoms with Gasteiger partial charge in [0.05, 0.1) is 0 Å². The number of hydrogen-bond donors (Lipinski definition) is 3. The van der Waals surface area contributed by atoms with Gasteiger partial charge in [-0.2, -0.15) is 0 Å². The van der Waals surface area contributed by atoms with Gasteiger partial charge in [-0.15, -0.1) is 0 Å². The number of nitrogens with one attached hydrogen (secondary N) is 1. The Morgan fingerprint density at radius 1 is 1.27 bits per heavy atom. The lowest BCUT2D eigenvalue weighted by molar-refractivity contribution is 0.283. The van der Waals surface area contributed by atoms with E-state index in [4.69, 9.17) is 10.8 Å². The molecule has 84 valence electrons. The lowest BCUT2D eigenvalue weighted by atomic mass is 10.1. The molecule has 3 heteroatoms. The second-order valence-corrected chi connectivity index (χ2v) is 3.65. The topological polar surface area (TPSA) is 58.3 Å². The molecule has 0 aromatic heterocycles. The number of aliphatic hydroxyl groups is 1. The Balaban J connectivity index is 2.33. The van der Waals surface area contributed by atoms with Crippen molar-refractivity contribution in [2.75, 3.05) is 19.7 Å². The highest BCUT2D eigenvalue weighted by Gasteiger charge is 2.05. The van der Waals surface area contributed by atoms with Crippen molar-refractivity contribution in [3.8, 4) is 0 Å². The average molecular weight is 208 g/mol. The van der Waals surface area contributed by atoms with Crippen LogP contribution >= 0.6 is 0 Å². The highest BCUT2D eigenvalue weighted by atomic mass is 16.3. The third kappa shape index (κ3) is 4.93. The van der Waals surface area contributed by atoms with Gasteiger partial charge in [0.1, 0.15) is 0 Å². The summed E-state index contributed by atoms with van der Waals surface area (Å²) in [5.74, 6) is 0. The van der Waals surface area contributed by atoms with Gasteiger partial charge < -0.3 is 16.2 Å². The summed E-state index contributed by atoms with van der Waals surface area (Å²) in [7, 11) is 0. The number of benzene rings is 1. The van der Waals surface area contributed by atoms with Crippen LogP contribution in [0.4, 0.5) is 0 Å². The SMILES string of the molecule is NCC(Cc1ccccc1)NCCCO. The Labute approximate surface area is 91.3 Å². The number of hydrogen-bond acceptors (Lipinski definition) is 3. The Kier molecular flexibility index (Phi) is 6.00. The third-order valence-corrected chi connectivity index (χ3v) is 2.38. The van der Waals surface area contributed by atoms with Crippen LogP contribution < -0.4 is 11.1 Å². The zero-order valence-electron chi connectivity index (χ0n) is 9.02. The van der Waals surface area contributed by atoms with E-state index in [-0.39, 0.29) is 6.61 Å². The molecule has 0 bridgehead atoms. The molecule has 0 spiro atoms. The van der Waals surface area contributed by atoms with Gasteiger partial charge in [0, 0.05) is 19.2 Å². The molecule has 4 N–H and O–H groups in total. The Morgan fingerprint density at radius 3 is 2.60 bits per heavy atom. The standard InChI is InChI=1S/C12H20N2O/c13-10-12(14-7-4-8-15)9-11-5-2-1-3-6-11/h1-3,5-6,12,14-15H,4,7-10,13H2. The van der Waals surface area contributed by atoms with Crippen LogP contribution in [0.2, 0.25) is 0 Å². The van der Waals surface area contributed by atoms with Crippen LogP contribution in [0.3, 0.4) is 0 Å². The Hall–Kier alpha value is -0.900. The van der Waals surface area contributed by atoms with E-state index in [0.29, 0.717) is 12.6 Å². The molecule has 3 nitrogen and oxygen atoms in total. The number of nitrogens with two attached hydrogens (primary N) is 1. The molecule has 1 aromatic rings. The fourth-order valence-corrected chi connectivity index (χ4v) is 1.52. The van der Waals surface area contributed by atoms with Crippen LogP contribution in [0.25, 0.3) is 0 Å².